The Hall–Kier alpha value is -4.14. The Bertz CT molecular complexity index is 1280. The highest BCUT2D eigenvalue weighted by Gasteiger charge is 2.17. The van der Waals surface area contributed by atoms with E-state index in [1.807, 2.05) is 0 Å². The van der Waals surface area contributed by atoms with Crippen molar-refractivity contribution in [2.75, 3.05) is 11.9 Å². The van der Waals surface area contributed by atoms with Crippen molar-refractivity contribution in [3.63, 3.8) is 0 Å². The number of H-pyrrole nitrogens is 1. The average molecular weight is 418 g/mol. The zero-order chi connectivity index (χ0) is 22.0. The number of anilines is 1. The summed E-state index contributed by atoms with van der Waals surface area (Å²) >= 11 is 0. The molecular formula is C22H19FN6O2. The lowest BCUT2D eigenvalue weighted by Crippen LogP contribution is -2.28. The molecule has 31 heavy (non-hydrogen) atoms. The zero-order valence-electron chi connectivity index (χ0n) is 16.9. The van der Waals surface area contributed by atoms with Gasteiger partial charge in [-0.2, -0.15) is 0 Å². The summed E-state index contributed by atoms with van der Waals surface area (Å²) in [5, 5.41) is 5.25. The summed E-state index contributed by atoms with van der Waals surface area (Å²) in [6, 6.07) is 9.40. The minimum absolute atomic E-state index is 0.133. The van der Waals surface area contributed by atoms with E-state index in [-0.39, 0.29) is 17.4 Å². The predicted octanol–water partition coefficient (Wildman–Crippen LogP) is 4.17. The maximum Gasteiger partial charge on any atom is 0.321 e. The topological polar surface area (TPSA) is 113 Å². The van der Waals surface area contributed by atoms with Gasteiger partial charge in [0.15, 0.2) is 5.78 Å². The van der Waals surface area contributed by atoms with Gasteiger partial charge in [-0.3, -0.25) is 20.1 Å². The summed E-state index contributed by atoms with van der Waals surface area (Å²) < 4.78 is 14.6. The van der Waals surface area contributed by atoms with Crippen LogP contribution in [0.4, 0.5) is 15.1 Å². The highest BCUT2D eigenvalue weighted by molar-refractivity contribution is 5.98. The van der Waals surface area contributed by atoms with Crippen LogP contribution in [0, 0.1) is 5.82 Å². The molecule has 0 radical (unpaired) electrons. The monoisotopic (exact) mass is 418 g/mol. The van der Waals surface area contributed by atoms with Gasteiger partial charge in [-0.1, -0.05) is 6.07 Å². The number of carbonyl (C=O) groups excluding carboxylic acids is 2. The van der Waals surface area contributed by atoms with Crippen molar-refractivity contribution in [2.24, 2.45) is 0 Å². The van der Waals surface area contributed by atoms with Gasteiger partial charge in [0.25, 0.3) is 0 Å². The molecule has 0 aliphatic carbocycles. The summed E-state index contributed by atoms with van der Waals surface area (Å²) in [6.07, 6.45) is 3.08. The highest BCUT2D eigenvalue weighted by Crippen LogP contribution is 2.34. The Balaban J connectivity index is 1.87. The molecule has 1 aromatic carbocycles. The lowest BCUT2D eigenvalue weighted by molar-refractivity contribution is 0.101. The SMILES string of the molecule is CCNC(=O)Nc1nc2cc(-c3ccc(C(C)=O)nc3)cc(-c3ncccc3F)c2[nH]1. The number of urea groups is 1. The smallest absolute Gasteiger partial charge is 0.321 e. The van der Waals surface area contributed by atoms with Gasteiger partial charge >= 0.3 is 6.03 Å². The third-order valence-corrected chi connectivity index (χ3v) is 4.63. The van der Waals surface area contributed by atoms with Crippen molar-refractivity contribution in [1.29, 1.82) is 0 Å². The Morgan fingerprint density at radius 3 is 2.65 bits per heavy atom. The molecule has 0 spiro atoms. The second-order valence-electron chi connectivity index (χ2n) is 6.81. The summed E-state index contributed by atoms with van der Waals surface area (Å²) in [6.45, 7) is 3.71. The number of pyridine rings is 2. The third-order valence-electron chi connectivity index (χ3n) is 4.63. The molecule has 0 bridgehead atoms. The van der Waals surface area contributed by atoms with E-state index in [4.69, 9.17) is 0 Å². The predicted molar refractivity (Wildman–Crippen MR) is 115 cm³/mol. The first-order valence-corrected chi connectivity index (χ1v) is 9.63. The van der Waals surface area contributed by atoms with Crippen LogP contribution in [0.3, 0.4) is 0 Å². The minimum atomic E-state index is -0.487. The van der Waals surface area contributed by atoms with E-state index in [9.17, 15) is 14.0 Å². The fourth-order valence-corrected chi connectivity index (χ4v) is 3.19. The van der Waals surface area contributed by atoms with Crippen molar-refractivity contribution in [1.82, 2.24) is 25.3 Å². The van der Waals surface area contributed by atoms with Gasteiger partial charge in [-0.15, -0.1) is 0 Å². The molecule has 2 amide bonds. The van der Waals surface area contributed by atoms with E-state index < -0.39 is 11.8 Å². The van der Waals surface area contributed by atoms with Crippen LogP contribution in [0.15, 0.2) is 48.8 Å². The van der Waals surface area contributed by atoms with E-state index in [0.29, 0.717) is 34.4 Å². The second kappa shape index (κ2) is 8.31. The number of rotatable bonds is 5. The summed E-state index contributed by atoms with van der Waals surface area (Å²) in [4.78, 5) is 39.2. The number of nitrogens with one attached hydrogen (secondary N) is 3. The molecule has 156 valence electrons. The number of aromatic nitrogens is 4. The van der Waals surface area contributed by atoms with Crippen LogP contribution in [0.1, 0.15) is 24.3 Å². The zero-order valence-corrected chi connectivity index (χ0v) is 16.9. The van der Waals surface area contributed by atoms with Gasteiger partial charge in [0.05, 0.1) is 11.0 Å². The number of Topliss-reactive ketones (excluding diaryl/α,β-unsaturated/α-hetero) is 1. The normalized spacial score (nSPS) is 10.8. The fraction of sp³-hybridized carbons (Fsp3) is 0.136. The van der Waals surface area contributed by atoms with Gasteiger partial charge in [0, 0.05) is 37.0 Å². The molecule has 0 fully saturated rings. The summed E-state index contributed by atoms with van der Waals surface area (Å²) in [5.41, 5.74) is 3.47. The number of halogens is 1. The Morgan fingerprint density at radius 2 is 1.97 bits per heavy atom. The van der Waals surface area contributed by atoms with Crippen LogP contribution in [-0.2, 0) is 0 Å². The molecule has 0 saturated heterocycles. The number of amides is 2. The van der Waals surface area contributed by atoms with Crippen molar-refractivity contribution in [3.8, 4) is 22.4 Å². The van der Waals surface area contributed by atoms with Crippen LogP contribution >= 0.6 is 0 Å². The van der Waals surface area contributed by atoms with Crippen LogP contribution in [-0.4, -0.2) is 38.3 Å². The maximum atomic E-state index is 14.6. The first-order chi connectivity index (χ1) is 15.0. The number of benzene rings is 1. The number of aromatic amines is 1. The van der Waals surface area contributed by atoms with E-state index in [2.05, 4.69) is 30.6 Å². The molecule has 0 unspecified atom stereocenters. The molecule has 3 N–H and O–H groups in total. The standard InChI is InChI=1S/C22H19FN6O2/c1-3-24-22(31)29-21-27-18-10-14(13-6-7-17(12(2)30)26-11-13)9-15(20(18)28-21)19-16(23)5-4-8-25-19/h4-11H,3H2,1-2H3,(H3,24,27,28,29,31). The molecule has 0 saturated carbocycles. The minimum Gasteiger partial charge on any atom is -0.338 e. The van der Waals surface area contributed by atoms with Crippen molar-refractivity contribution in [2.45, 2.75) is 13.8 Å². The van der Waals surface area contributed by atoms with Gasteiger partial charge < -0.3 is 10.3 Å². The van der Waals surface area contributed by atoms with Crippen LogP contribution in [0.25, 0.3) is 33.4 Å². The van der Waals surface area contributed by atoms with E-state index >= 15 is 0 Å². The van der Waals surface area contributed by atoms with Gasteiger partial charge in [-0.25, -0.2) is 14.2 Å². The second-order valence-corrected chi connectivity index (χ2v) is 6.81. The Labute approximate surface area is 177 Å². The maximum absolute atomic E-state index is 14.6. The highest BCUT2D eigenvalue weighted by atomic mass is 19.1. The molecule has 3 aromatic heterocycles. The fourth-order valence-electron chi connectivity index (χ4n) is 3.19. The first kappa shape index (κ1) is 20.1. The van der Waals surface area contributed by atoms with Gasteiger partial charge in [-0.05, 0) is 42.8 Å². The van der Waals surface area contributed by atoms with Crippen LogP contribution < -0.4 is 10.6 Å². The first-order valence-electron chi connectivity index (χ1n) is 9.63. The molecule has 3 heterocycles. The Kier molecular flexibility index (Phi) is 5.40. The quantitative estimate of drug-likeness (QED) is 0.421. The summed E-state index contributed by atoms with van der Waals surface area (Å²) in [7, 11) is 0. The molecule has 0 aliphatic heterocycles. The van der Waals surface area contributed by atoms with Crippen LogP contribution in [0.2, 0.25) is 0 Å². The van der Waals surface area contributed by atoms with Crippen LogP contribution in [0.5, 0.6) is 0 Å². The molecule has 4 aromatic rings. The third kappa shape index (κ3) is 4.11. The van der Waals surface area contributed by atoms with Crippen molar-refractivity contribution < 1.29 is 14.0 Å². The average Bonchev–Trinajstić information content (AvgIpc) is 3.16. The van der Waals surface area contributed by atoms with E-state index in [1.165, 1.54) is 25.3 Å². The number of ketones is 1. The largest absolute Gasteiger partial charge is 0.338 e. The molecule has 4 rings (SSSR count). The number of fused-ring (bicyclic) bond motifs is 1. The molecular weight excluding hydrogens is 399 g/mol. The van der Waals surface area contributed by atoms with Crippen molar-refractivity contribution in [3.05, 3.63) is 60.3 Å². The number of carbonyl (C=O) groups is 2. The number of hydrogen-bond acceptors (Lipinski definition) is 5. The van der Waals surface area contributed by atoms with Gasteiger partial charge in [0.1, 0.15) is 17.2 Å². The number of nitrogens with zero attached hydrogens (tertiary/aromatic N) is 3. The molecule has 0 aliphatic rings. The number of imidazole rings is 1. The van der Waals surface area contributed by atoms with E-state index in [1.54, 1.807) is 37.4 Å². The lowest BCUT2D eigenvalue weighted by Gasteiger charge is -2.08. The Morgan fingerprint density at radius 1 is 1.13 bits per heavy atom. The van der Waals surface area contributed by atoms with Gasteiger partial charge in [0.2, 0.25) is 5.95 Å². The number of hydrogen-bond donors (Lipinski definition) is 3. The molecule has 8 nitrogen and oxygen atoms in total. The van der Waals surface area contributed by atoms with E-state index in [0.717, 1.165) is 5.56 Å². The lowest BCUT2D eigenvalue weighted by atomic mass is 10.0. The molecule has 9 heteroatoms. The summed E-state index contributed by atoms with van der Waals surface area (Å²) in [5.74, 6) is -0.397. The van der Waals surface area contributed by atoms with Crippen molar-refractivity contribution >= 4 is 28.8 Å². The molecule has 0 atom stereocenters.